The first-order valence-electron chi connectivity index (χ1n) is 11.8. The van der Waals surface area contributed by atoms with Gasteiger partial charge in [0.15, 0.2) is 6.61 Å². The highest BCUT2D eigenvalue weighted by Crippen LogP contribution is 2.26. The van der Waals surface area contributed by atoms with Crippen LogP contribution in [0.1, 0.15) is 36.1 Å². The van der Waals surface area contributed by atoms with Gasteiger partial charge in [-0.25, -0.2) is 0 Å². The van der Waals surface area contributed by atoms with Crippen molar-refractivity contribution in [2.45, 2.75) is 52.7 Å². The van der Waals surface area contributed by atoms with Gasteiger partial charge in [-0.1, -0.05) is 72.3 Å². The summed E-state index contributed by atoms with van der Waals surface area (Å²) in [6, 6.07) is 22.3. The highest BCUT2D eigenvalue weighted by molar-refractivity contribution is 6.32. The van der Waals surface area contributed by atoms with Crippen molar-refractivity contribution < 1.29 is 14.3 Å². The molecule has 0 aliphatic heterocycles. The standard InChI is InChI=1S/C29H33ClN2O3/c1-20(2)31-29(34)26(17-23-11-7-5-8-12-23)32(18-24-13-9-6-10-14-24)27(33)19-35-25-15-21(3)28(30)22(4)16-25/h5-16,20,26H,17-19H2,1-4H3,(H,31,34)/t26-/m1/s1. The summed E-state index contributed by atoms with van der Waals surface area (Å²) in [5, 5.41) is 3.67. The Bertz CT molecular complexity index is 1110. The zero-order valence-electron chi connectivity index (χ0n) is 20.8. The van der Waals surface area contributed by atoms with Crippen molar-refractivity contribution in [3.63, 3.8) is 0 Å². The van der Waals surface area contributed by atoms with Crippen LogP contribution in [0, 0.1) is 13.8 Å². The Morgan fingerprint density at radius 1 is 0.914 bits per heavy atom. The second-order valence-corrected chi connectivity index (χ2v) is 9.41. The van der Waals surface area contributed by atoms with Crippen LogP contribution in [0.15, 0.2) is 72.8 Å². The molecule has 0 radical (unpaired) electrons. The van der Waals surface area contributed by atoms with E-state index in [0.29, 0.717) is 23.7 Å². The van der Waals surface area contributed by atoms with Crippen LogP contribution in [0.25, 0.3) is 0 Å². The highest BCUT2D eigenvalue weighted by atomic mass is 35.5. The molecule has 0 aliphatic rings. The number of aryl methyl sites for hydroxylation is 2. The molecule has 0 unspecified atom stereocenters. The first-order chi connectivity index (χ1) is 16.7. The van der Waals surface area contributed by atoms with Crippen LogP contribution < -0.4 is 10.1 Å². The number of hydrogen-bond acceptors (Lipinski definition) is 3. The molecule has 0 fully saturated rings. The maximum atomic E-state index is 13.6. The van der Waals surface area contributed by atoms with E-state index in [1.54, 1.807) is 4.90 Å². The van der Waals surface area contributed by atoms with Crippen molar-refractivity contribution in [3.8, 4) is 5.75 Å². The maximum absolute atomic E-state index is 13.6. The van der Waals surface area contributed by atoms with Crippen LogP contribution in [-0.4, -0.2) is 35.4 Å². The molecule has 0 aliphatic carbocycles. The van der Waals surface area contributed by atoms with Gasteiger partial charge >= 0.3 is 0 Å². The molecule has 0 bridgehead atoms. The Morgan fingerprint density at radius 2 is 1.46 bits per heavy atom. The minimum atomic E-state index is -0.690. The predicted molar refractivity (Wildman–Crippen MR) is 141 cm³/mol. The third-order valence-corrected chi connectivity index (χ3v) is 6.27. The molecule has 0 spiro atoms. The van der Waals surface area contributed by atoms with Crippen LogP contribution in [-0.2, 0) is 22.6 Å². The van der Waals surface area contributed by atoms with E-state index >= 15 is 0 Å². The van der Waals surface area contributed by atoms with Gasteiger partial charge in [0.25, 0.3) is 5.91 Å². The third-order valence-electron chi connectivity index (χ3n) is 5.67. The van der Waals surface area contributed by atoms with E-state index in [1.807, 2.05) is 100 Å². The Morgan fingerprint density at radius 3 is 2.00 bits per heavy atom. The first kappa shape index (κ1) is 26.3. The molecule has 3 rings (SSSR count). The lowest BCUT2D eigenvalue weighted by Crippen LogP contribution is -2.52. The van der Waals surface area contributed by atoms with E-state index < -0.39 is 6.04 Å². The molecule has 3 aromatic rings. The normalized spacial score (nSPS) is 11.7. The lowest BCUT2D eigenvalue weighted by Gasteiger charge is -2.32. The number of nitrogens with zero attached hydrogens (tertiary/aromatic N) is 1. The summed E-state index contributed by atoms with van der Waals surface area (Å²) in [4.78, 5) is 28.5. The zero-order chi connectivity index (χ0) is 25.4. The lowest BCUT2D eigenvalue weighted by molar-refractivity contribution is -0.143. The van der Waals surface area contributed by atoms with Gasteiger partial charge in [-0.15, -0.1) is 0 Å². The van der Waals surface area contributed by atoms with E-state index in [0.717, 1.165) is 22.3 Å². The number of halogens is 1. The number of nitrogens with one attached hydrogen (secondary N) is 1. The number of hydrogen-bond donors (Lipinski definition) is 1. The molecule has 1 atom stereocenters. The molecule has 2 amide bonds. The smallest absolute Gasteiger partial charge is 0.261 e. The molecule has 1 N–H and O–H groups in total. The molecule has 0 aromatic heterocycles. The maximum Gasteiger partial charge on any atom is 0.261 e. The summed E-state index contributed by atoms with van der Waals surface area (Å²) in [7, 11) is 0. The Balaban J connectivity index is 1.90. The molecular weight excluding hydrogens is 460 g/mol. The van der Waals surface area contributed by atoms with Gasteiger partial charge in [0.2, 0.25) is 5.91 Å². The topological polar surface area (TPSA) is 58.6 Å². The average Bonchev–Trinajstić information content (AvgIpc) is 2.84. The summed E-state index contributed by atoms with van der Waals surface area (Å²) in [5.41, 5.74) is 3.68. The van der Waals surface area contributed by atoms with Gasteiger partial charge in [0.05, 0.1) is 0 Å². The van der Waals surface area contributed by atoms with Crippen LogP contribution in [0.5, 0.6) is 5.75 Å². The fraction of sp³-hybridized carbons (Fsp3) is 0.310. The SMILES string of the molecule is Cc1cc(OCC(=O)N(Cc2ccccc2)[C@H](Cc2ccccc2)C(=O)NC(C)C)cc(C)c1Cl. The summed E-state index contributed by atoms with van der Waals surface area (Å²) in [5.74, 6) is 0.119. The van der Waals surface area contributed by atoms with Crippen LogP contribution >= 0.6 is 11.6 Å². The molecule has 184 valence electrons. The van der Waals surface area contributed by atoms with Crippen LogP contribution in [0.3, 0.4) is 0 Å². The van der Waals surface area contributed by atoms with E-state index in [4.69, 9.17) is 16.3 Å². The molecule has 3 aromatic carbocycles. The first-order valence-corrected chi connectivity index (χ1v) is 12.2. The fourth-order valence-electron chi connectivity index (χ4n) is 3.93. The largest absolute Gasteiger partial charge is 0.484 e. The highest BCUT2D eigenvalue weighted by Gasteiger charge is 2.31. The Labute approximate surface area is 213 Å². The van der Waals surface area contributed by atoms with Crippen molar-refractivity contribution in [3.05, 3.63) is 100 Å². The Kier molecular flexibility index (Phi) is 9.32. The van der Waals surface area contributed by atoms with Crippen molar-refractivity contribution in [1.82, 2.24) is 10.2 Å². The minimum Gasteiger partial charge on any atom is -0.484 e. The predicted octanol–water partition coefficient (Wildman–Crippen LogP) is 5.50. The lowest BCUT2D eigenvalue weighted by atomic mass is 10.0. The van der Waals surface area contributed by atoms with Gasteiger partial charge in [-0.05, 0) is 62.1 Å². The van der Waals surface area contributed by atoms with Crippen molar-refractivity contribution in [2.75, 3.05) is 6.61 Å². The van der Waals surface area contributed by atoms with Gasteiger partial charge in [0, 0.05) is 24.0 Å². The van der Waals surface area contributed by atoms with Crippen molar-refractivity contribution in [2.24, 2.45) is 0 Å². The van der Waals surface area contributed by atoms with E-state index in [-0.39, 0.29) is 24.5 Å². The second kappa shape index (κ2) is 12.4. The average molecular weight is 493 g/mol. The van der Waals surface area contributed by atoms with Crippen LogP contribution in [0.2, 0.25) is 5.02 Å². The third kappa shape index (κ3) is 7.59. The van der Waals surface area contributed by atoms with E-state index in [1.165, 1.54) is 0 Å². The number of carbonyl (C=O) groups excluding carboxylic acids is 2. The van der Waals surface area contributed by atoms with Crippen molar-refractivity contribution in [1.29, 1.82) is 0 Å². The summed E-state index contributed by atoms with van der Waals surface area (Å²) in [6.45, 7) is 7.73. The molecule has 0 saturated carbocycles. The number of ether oxygens (including phenoxy) is 1. The molecule has 0 saturated heterocycles. The summed E-state index contributed by atoms with van der Waals surface area (Å²) in [6.07, 6.45) is 0.400. The second-order valence-electron chi connectivity index (χ2n) is 9.04. The molecule has 0 heterocycles. The monoisotopic (exact) mass is 492 g/mol. The Hall–Kier alpha value is -3.31. The van der Waals surface area contributed by atoms with Gasteiger partial charge in [-0.2, -0.15) is 0 Å². The molecule has 5 nitrogen and oxygen atoms in total. The van der Waals surface area contributed by atoms with Crippen LogP contribution in [0.4, 0.5) is 0 Å². The van der Waals surface area contributed by atoms with E-state index in [2.05, 4.69) is 5.32 Å². The number of benzene rings is 3. The molecular formula is C29H33ClN2O3. The van der Waals surface area contributed by atoms with Gasteiger partial charge < -0.3 is 15.0 Å². The molecule has 35 heavy (non-hydrogen) atoms. The molecule has 6 heteroatoms. The number of carbonyl (C=O) groups is 2. The quantitative estimate of drug-likeness (QED) is 0.406. The summed E-state index contributed by atoms with van der Waals surface area (Å²) >= 11 is 6.27. The minimum absolute atomic E-state index is 0.0503. The summed E-state index contributed by atoms with van der Waals surface area (Å²) < 4.78 is 5.88. The fourth-order valence-corrected chi connectivity index (χ4v) is 4.04. The van der Waals surface area contributed by atoms with Crippen molar-refractivity contribution >= 4 is 23.4 Å². The number of rotatable bonds is 10. The van der Waals surface area contributed by atoms with Gasteiger partial charge in [-0.3, -0.25) is 9.59 Å². The van der Waals surface area contributed by atoms with Gasteiger partial charge in [0.1, 0.15) is 11.8 Å². The zero-order valence-corrected chi connectivity index (χ0v) is 21.5. The number of amides is 2. The van der Waals surface area contributed by atoms with E-state index in [9.17, 15) is 9.59 Å².